The first kappa shape index (κ1) is 11.9. The molecule has 0 unspecified atom stereocenters. The minimum atomic E-state index is 0.291. The highest BCUT2D eigenvalue weighted by Crippen LogP contribution is 2.38. The molecule has 100 valence electrons. The van der Waals surface area contributed by atoms with Gasteiger partial charge in [-0.2, -0.15) is 0 Å². The molecule has 0 saturated carbocycles. The molecule has 0 amide bonds. The molecule has 1 heterocycles. The van der Waals surface area contributed by atoms with Gasteiger partial charge in [0.2, 0.25) is 0 Å². The number of para-hydroxylation sites is 3. The summed E-state index contributed by atoms with van der Waals surface area (Å²) in [6.45, 7) is 0. The van der Waals surface area contributed by atoms with Gasteiger partial charge < -0.3 is 5.11 Å². The average Bonchev–Trinajstić information content (AvgIpc) is 2.53. The molecule has 0 radical (unpaired) electrons. The van der Waals surface area contributed by atoms with Crippen molar-refractivity contribution in [1.29, 1.82) is 0 Å². The SMILES string of the molecule is Oc1ccccc1-c1c2ccccc2nc2ccccc12. The van der Waals surface area contributed by atoms with Gasteiger partial charge in [-0.25, -0.2) is 4.98 Å². The lowest BCUT2D eigenvalue weighted by Gasteiger charge is -2.12. The van der Waals surface area contributed by atoms with Crippen LogP contribution in [-0.4, -0.2) is 10.1 Å². The van der Waals surface area contributed by atoms with E-state index in [4.69, 9.17) is 4.98 Å². The minimum Gasteiger partial charge on any atom is -0.507 e. The third-order valence-electron chi connectivity index (χ3n) is 3.76. The number of hydrogen-bond acceptors (Lipinski definition) is 2. The predicted molar refractivity (Wildman–Crippen MR) is 86.3 cm³/mol. The Bertz CT molecular complexity index is 906. The third kappa shape index (κ3) is 1.84. The monoisotopic (exact) mass is 271 g/mol. The molecule has 3 aromatic carbocycles. The average molecular weight is 271 g/mol. The van der Waals surface area contributed by atoms with E-state index in [9.17, 15) is 5.11 Å². The smallest absolute Gasteiger partial charge is 0.123 e. The quantitative estimate of drug-likeness (QED) is 0.506. The number of phenols is 1. The molecule has 0 aliphatic rings. The number of rotatable bonds is 1. The van der Waals surface area contributed by atoms with Gasteiger partial charge in [0.25, 0.3) is 0 Å². The lowest BCUT2D eigenvalue weighted by molar-refractivity contribution is 0.477. The van der Waals surface area contributed by atoms with Gasteiger partial charge in [0.05, 0.1) is 11.0 Å². The topological polar surface area (TPSA) is 33.1 Å². The fourth-order valence-corrected chi connectivity index (χ4v) is 2.82. The van der Waals surface area contributed by atoms with E-state index in [2.05, 4.69) is 12.1 Å². The second kappa shape index (κ2) is 4.60. The second-order valence-electron chi connectivity index (χ2n) is 5.04. The molecular weight excluding hydrogens is 258 g/mol. The number of aromatic hydroxyl groups is 1. The zero-order valence-electron chi connectivity index (χ0n) is 11.3. The predicted octanol–water partition coefficient (Wildman–Crippen LogP) is 4.76. The van der Waals surface area contributed by atoms with E-state index < -0.39 is 0 Å². The van der Waals surface area contributed by atoms with Crippen LogP contribution in [0.4, 0.5) is 0 Å². The van der Waals surface area contributed by atoms with Crippen molar-refractivity contribution in [3.8, 4) is 16.9 Å². The highest BCUT2D eigenvalue weighted by Gasteiger charge is 2.12. The molecule has 0 fully saturated rings. The van der Waals surface area contributed by atoms with Gasteiger partial charge in [-0.3, -0.25) is 0 Å². The summed E-state index contributed by atoms with van der Waals surface area (Å²) in [5, 5.41) is 12.4. The lowest BCUT2D eigenvalue weighted by atomic mass is 9.95. The summed E-state index contributed by atoms with van der Waals surface area (Å²) in [5.41, 5.74) is 3.76. The Kier molecular flexibility index (Phi) is 2.61. The van der Waals surface area contributed by atoms with Crippen LogP contribution >= 0.6 is 0 Å². The van der Waals surface area contributed by atoms with Gasteiger partial charge in [0, 0.05) is 21.9 Å². The van der Waals surface area contributed by atoms with Crippen molar-refractivity contribution in [3.63, 3.8) is 0 Å². The summed E-state index contributed by atoms with van der Waals surface area (Å²) < 4.78 is 0. The second-order valence-corrected chi connectivity index (χ2v) is 5.04. The van der Waals surface area contributed by atoms with E-state index in [0.29, 0.717) is 5.75 Å². The summed E-state index contributed by atoms with van der Waals surface area (Å²) >= 11 is 0. The van der Waals surface area contributed by atoms with E-state index in [0.717, 1.165) is 32.9 Å². The van der Waals surface area contributed by atoms with Crippen LogP contribution < -0.4 is 0 Å². The number of benzene rings is 3. The first-order valence-corrected chi connectivity index (χ1v) is 6.90. The normalized spacial score (nSPS) is 11.0. The van der Waals surface area contributed by atoms with E-state index in [1.807, 2.05) is 54.6 Å². The van der Waals surface area contributed by atoms with Gasteiger partial charge in [0.15, 0.2) is 0 Å². The molecule has 0 aliphatic carbocycles. The Morgan fingerprint density at radius 2 is 1.14 bits per heavy atom. The van der Waals surface area contributed by atoms with Crippen LogP contribution in [0.15, 0.2) is 72.8 Å². The van der Waals surface area contributed by atoms with Crippen molar-refractivity contribution >= 4 is 21.8 Å². The maximum absolute atomic E-state index is 10.3. The maximum Gasteiger partial charge on any atom is 0.123 e. The summed E-state index contributed by atoms with van der Waals surface area (Å²) in [6.07, 6.45) is 0. The highest BCUT2D eigenvalue weighted by molar-refractivity contribution is 6.10. The van der Waals surface area contributed by atoms with Crippen molar-refractivity contribution in [1.82, 2.24) is 4.98 Å². The largest absolute Gasteiger partial charge is 0.507 e. The molecule has 4 rings (SSSR count). The number of nitrogens with zero attached hydrogens (tertiary/aromatic N) is 1. The molecule has 2 nitrogen and oxygen atoms in total. The summed E-state index contributed by atoms with van der Waals surface area (Å²) in [7, 11) is 0. The standard InChI is InChI=1S/C19H13NO/c21-18-12-6-3-9-15(18)19-13-7-1-4-10-16(13)20-17-11-5-2-8-14(17)19/h1-12,21H. The zero-order chi connectivity index (χ0) is 14.2. The van der Waals surface area contributed by atoms with Crippen LogP contribution in [-0.2, 0) is 0 Å². The molecule has 0 bridgehead atoms. The van der Waals surface area contributed by atoms with Crippen molar-refractivity contribution in [2.24, 2.45) is 0 Å². The number of hydrogen-bond donors (Lipinski definition) is 1. The van der Waals surface area contributed by atoms with Crippen LogP contribution in [0.25, 0.3) is 32.9 Å². The fraction of sp³-hybridized carbons (Fsp3) is 0. The van der Waals surface area contributed by atoms with Gasteiger partial charge in [0.1, 0.15) is 5.75 Å². The molecule has 0 spiro atoms. The molecule has 0 aliphatic heterocycles. The molecule has 0 saturated heterocycles. The van der Waals surface area contributed by atoms with Crippen molar-refractivity contribution in [3.05, 3.63) is 72.8 Å². The first-order chi connectivity index (χ1) is 10.3. The van der Waals surface area contributed by atoms with Crippen LogP contribution in [0.5, 0.6) is 5.75 Å². The molecule has 21 heavy (non-hydrogen) atoms. The fourth-order valence-electron chi connectivity index (χ4n) is 2.82. The Hall–Kier alpha value is -2.87. The van der Waals surface area contributed by atoms with Gasteiger partial charge in [-0.05, 0) is 18.2 Å². The van der Waals surface area contributed by atoms with Crippen LogP contribution in [0.1, 0.15) is 0 Å². The van der Waals surface area contributed by atoms with Crippen molar-refractivity contribution in [2.45, 2.75) is 0 Å². The Balaban J connectivity index is 2.25. The number of fused-ring (bicyclic) bond motifs is 2. The minimum absolute atomic E-state index is 0.291. The first-order valence-electron chi connectivity index (χ1n) is 6.90. The van der Waals surface area contributed by atoms with Crippen LogP contribution in [0.3, 0.4) is 0 Å². The van der Waals surface area contributed by atoms with Crippen molar-refractivity contribution < 1.29 is 5.11 Å². The Morgan fingerprint density at radius 1 is 0.619 bits per heavy atom. The molecule has 1 N–H and O–H groups in total. The lowest BCUT2D eigenvalue weighted by Crippen LogP contribution is -1.89. The molecule has 1 aromatic heterocycles. The summed E-state index contributed by atoms with van der Waals surface area (Å²) in [4.78, 5) is 4.71. The number of aromatic nitrogens is 1. The Morgan fingerprint density at radius 3 is 1.76 bits per heavy atom. The van der Waals surface area contributed by atoms with Gasteiger partial charge in [-0.1, -0.05) is 54.6 Å². The molecule has 0 atom stereocenters. The van der Waals surface area contributed by atoms with E-state index in [-0.39, 0.29) is 0 Å². The van der Waals surface area contributed by atoms with E-state index >= 15 is 0 Å². The van der Waals surface area contributed by atoms with Gasteiger partial charge >= 0.3 is 0 Å². The number of pyridine rings is 1. The van der Waals surface area contributed by atoms with E-state index in [1.165, 1.54) is 0 Å². The number of phenolic OH excluding ortho intramolecular Hbond substituents is 1. The van der Waals surface area contributed by atoms with E-state index in [1.54, 1.807) is 6.07 Å². The molecule has 4 aromatic rings. The molecular formula is C19H13NO. The summed E-state index contributed by atoms with van der Waals surface area (Å²) in [6, 6.07) is 23.5. The third-order valence-corrected chi connectivity index (χ3v) is 3.76. The summed E-state index contributed by atoms with van der Waals surface area (Å²) in [5.74, 6) is 0.291. The van der Waals surface area contributed by atoms with Crippen LogP contribution in [0, 0.1) is 0 Å². The van der Waals surface area contributed by atoms with Crippen molar-refractivity contribution in [2.75, 3.05) is 0 Å². The highest BCUT2D eigenvalue weighted by atomic mass is 16.3. The van der Waals surface area contributed by atoms with Crippen LogP contribution in [0.2, 0.25) is 0 Å². The Labute approximate surface area is 122 Å². The van der Waals surface area contributed by atoms with Gasteiger partial charge in [-0.15, -0.1) is 0 Å². The maximum atomic E-state index is 10.3. The zero-order valence-corrected chi connectivity index (χ0v) is 11.3. The molecule has 2 heteroatoms.